The predicted molar refractivity (Wildman–Crippen MR) is 141 cm³/mol. The maximum Gasteiger partial charge on any atom is 0.290 e. The molecule has 3 aromatic rings. The second-order valence-corrected chi connectivity index (χ2v) is 10.2. The Morgan fingerprint density at radius 2 is 1.82 bits per heavy atom. The van der Waals surface area contributed by atoms with Gasteiger partial charge < -0.3 is 24.1 Å². The summed E-state index contributed by atoms with van der Waals surface area (Å²) in [6.07, 6.45) is 3.78. The Balaban J connectivity index is 1.33. The predicted octanol–water partition coefficient (Wildman–Crippen LogP) is 3.94. The van der Waals surface area contributed by atoms with Crippen LogP contribution in [0.5, 0.6) is 11.5 Å². The summed E-state index contributed by atoms with van der Waals surface area (Å²) in [5.74, 6) is 2.31. The third-order valence-electron chi connectivity index (χ3n) is 7.51. The molecule has 0 aliphatic carbocycles. The molecular weight excluding hydrogens is 482 g/mol. The lowest BCUT2D eigenvalue weighted by atomic mass is 9.87. The maximum atomic E-state index is 13.9. The molecule has 4 aliphatic rings. The minimum atomic E-state index is -0.299. The third kappa shape index (κ3) is 5.27. The largest absolute Gasteiger partial charge is 0.494 e. The van der Waals surface area contributed by atoms with Gasteiger partial charge in [0.25, 0.3) is 11.8 Å². The van der Waals surface area contributed by atoms with Gasteiger partial charge in [0.2, 0.25) is 0 Å². The highest BCUT2D eigenvalue weighted by Crippen LogP contribution is 2.39. The van der Waals surface area contributed by atoms with Crippen molar-refractivity contribution in [2.24, 2.45) is 0 Å². The Bertz CT molecular complexity index is 1310. The lowest BCUT2D eigenvalue weighted by Gasteiger charge is -2.37. The summed E-state index contributed by atoms with van der Waals surface area (Å²) >= 11 is 0. The fourth-order valence-electron chi connectivity index (χ4n) is 5.62. The van der Waals surface area contributed by atoms with Crippen LogP contribution in [0.1, 0.15) is 58.3 Å². The highest BCUT2D eigenvalue weighted by atomic mass is 16.5. The van der Waals surface area contributed by atoms with E-state index in [0.29, 0.717) is 44.0 Å². The molecular formula is C30H33N3O5. The lowest BCUT2D eigenvalue weighted by Crippen LogP contribution is -2.40. The molecule has 0 spiro atoms. The lowest BCUT2D eigenvalue weighted by molar-refractivity contribution is -0.123. The zero-order valence-corrected chi connectivity index (χ0v) is 21.5. The van der Waals surface area contributed by atoms with Crippen molar-refractivity contribution in [3.8, 4) is 11.5 Å². The van der Waals surface area contributed by atoms with Crippen LogP contribution in [0.3, 0.4) is 0 Å². The van der Waals surface area contributed by atoms with E-state index in [9.17, 15) is 9.59 Å². The second kappa shape index (κ2) is 10.9. The number of nitrogens with one attached hydrogen (secondary N) is 1. The van der Waals surface area contributed by atoms with Gasteiger partial charge in [-0.2, -0.15) is 0 Å². The van der Waals surface area contributed by atoms with Gasteiger partial charge in [0.05, 0.1) is 19.2 Å². The number of hydrogen-bond acceptors (Lipinski definition) is 6. The first-order chi connectivity index (χ1) is 18.6. The Kier molecular flexibility index (Phi) is 7.05. The van der Waals surface area contributed by atoms with E-state index >= 15 is 0 Å². The molecule has 1 fully saturated rings. The van der Waals surface area contributed by atoms with Gasteiger partial charge >= 0.3 is 0 Å². The third-order valence-corrected chi connectivity index (χ3v) is 7.51. The van der Waals surface area contributed by atoms with Crippen LogP contribution in [0, 0.1) is 0 Å². The molecule has 4 aliphatic heterocycles. The number of ether oxygens (including phenoxy) is 2. The van der Waals surface area contributed by atoms with Gasteiger partial charge in [0.15, 0.2) is 12.4 Å². The highest BCUT2D eigenvalue weighted by molar-refractivity contribution is 5.92. The van der Waals surface area contributed by atoms with E-state index in [1.807, 2.05) is 53.4 Å². The average Bonchev–Trinajstić information content (AvgIpc) is 3.63. The van der Waals surface area contributed by atoms with Crippen LogP contribution in [0.15, 0.2) is 59.0 Å². The first kappa shape index (κ1) is 24.6. The van der Waals surface area contributed by atoms with Crippen molar-refractivity contribution in [2.75, 3.05) is 39.4 Å². The van der Waals surface area contributed by atoms with Gasteiger partial charge in [-0.3, -0.25) is 14.5 Å². The van der Waals surface area contributed by atoms with Gasteiger partial charge in [-0.05, 0) is 91.9 Å². The molecule has 7 rings (SSSR count). The molecule has 5 heterocycles. The molecule has 1 unspecified atom stereocenters. The summed E-state index contributed by atoms with van der Waals surface area (Å²) in [6.45, 7) is 4.37. The standard InChI is InChI=1S/C30H33N3O5/c34-28-20-37-24-7-9-26-21(17-24)11-15-33(29(26)22-5-3-6-23(18-22)36-16-4-12-31-28)30(35)27-10-8-25(38-27)19-32-13-1-2-14-32/h3,5-10,17-18,29H,1-2,4,11-16,19-20H2,(H,31,34). The van der Waals surface area contributed by atoms with Crippen molar-refractivity contribution >= 4 is 11.8 Å². The number of rotatable bonds is 3. The van der Waals surface area contributed by atoms with Crippen molar-refractivity contribution in [3.63, 3.8) is 0 Å². The van der Waals surface area contributed by atoms with Gasteiger partial charge in [0.1, 0.15) is 17.3 Å². The SMILES string of the molecule is O=C1COc2ccc3c(c2)CCN(C(=O)c2ccc(CN4CCCC4)o2)C3c2cccc(c2)OCCCN1. The Labute approximate surface area is 222 Å². The number of benzene rings is 2. The molecule has 8 heteroatoms. The van der Waals surface area contributed by atoms with E-state index < -0.39 is 0 Å². The van der Waals surface area contributed by atoms with Crippen LogP contribution < -0.4 is 14.8 Å². The molecule has 1 aromatic heterocycles. The summed E-state index contributed by atoms with van der Waals surface area (Å²) in [5.41, 5.74) is 3.12. The number of fused-ring (bicyclic) bond motifs is 8. The molecule has 1 atom stereocenters. The van der Waals surface area contributed by atoms with Crippen LogP contribution in [0.4, 0.5) is 0 Å². The topological polar surface area (TPSA) is 84.2 Å². The summed E-state index contributed by atoms with van der Waals surface area (Å²) in [6, 6.07) is 17.2. The number of carbonyl (C=O) groups is 2. The summed E-state index contributed by atoms with van der Waals surface area (Å²) < 4.78 is 17.8. The van der Waals surface area contributed by atoms with Gasteiger partial charge in [-0.25, -0.2) is 0 Å². The first-order valence-electron chi connectivity index (χ1n) is 13.5. The normalized spacial score (nSPS) is 20.1. The van der Waals surface area contributed by atoms with E-state index in [0.717, 1.165) is 47.8 Å². The quantitative estimate of drug-likeness (QED) is 0.569. The van der Waals surface area contributed by atoms with Gasteiger partial charge in [0, 0.05) is 13.1 Å². The molecule has 38 heavy (non-hydrogen) atoms. The average molecular weight is 516 g/mol. The van der Waals surface area contributed by atoms with Crippen molar-refractivity contribution in [3.05, 3.63) is 82.8 Å². The Hall–Kier alpha value is -3.78. The number of amides is 2. The zero-order chi connectivity index (χ0) is 25.9. The van der Waals surface area contributed by atoms with Crippen LogP contribution in [0.25, 0.3) is 0 Å². The number of hydrogen-bond donors (Lipinski definition) is 1. The zero-order valence-electron chi connectivity index (χ0n) is 21.5. The maximum absolute atomic E-state index is 13.9. The molecule has 0 radical (unpaired) electrons. The molecule has 1 N–H and O–H groups in total. The van der Waals surface area contributed by atoms with Crippen molar-refractivity contribution in [1.29, 1.82) is 0 Å². The monoisotopic (exact) mass is 515 g/mol. The smallest absolute Gasteiger partial charge is 0.290 e. The fraction of sp³-hybridized carbons (Fsp3) is 0.400. The molecule has 6 bridgehead atoms. The molecule has 2 aromatic carbocycles. The van der Waals surface area contributed by atoms with E-state index in [-0.39, 0.29) is 24.5 Å². The fourth-order valence-corrected chi connectivity index (χ4v) is 5.62. The van der Waals surface area contributed by atoms with E-state index in [1.54, 1.807) is 6.07 Å². The van der Waals surface area contributed by atoms with Crippen LogP contribution in [-0.2, 0) is 17.8 Å². The van der Waals surface area contributed by atoms with E-state index in [4.69, 9.17) is 13.9 Å². The van der Waals surface area contributed by atoms with Gasteiger partial charge in [-0.1, -0.05) is 18.2 Å². The van der Waals surface area contributed by atoms with Gasteiger partial charge in [-0.15, -0.1) is 0 Å². The second-order valence-electron chi connectivity index (χ2n) is 10.2. The number of carbonyl (C=O) groups excluding carboxylic acids is 2. The van der Waals surface area contributed by atoms with Crippen LogP contribution in [-0.4, -0.2) is 61.0 Å². The van der Waals surface area contributed by atoms with Crippen LogP contribution in [0.2, 0.25) is 0 Å². The highest BCUT2D eigenvalue weighted by Gasteiger charge is 2.34. The van der Waals surface area contributed by atoms with E-state index in [2.05, 4.69) is 10.2 Å². The molecule has 0 saturated carbocycles. The molecule has 2 amide bonds. The molecule has 198 valence electrons. The number of nitrogens with zero attached hydrogens (tertiary/aromatic N) is 2. The molecule has 8 nitrogen and oxygen atoms in total. The summed E-state index contributed by atoms with van der Waals surface area (Å²) in [7, 11) is 0. The number of furan rings is 1. The number of likely N-dealkylation sites (tertiary alicyclic amines) is 1. The van der Waals surface area contributed by atoms with Crippen LogP contribution >= 0.6 is 0 Å². The summed E-state index contributed by atoms with van der Waals surface area (Å²) in [4.78, 5) is 30.3. The minimum Gasteiger partial charge on any atom is -0.494 e. The molecule has 1 saturated heterocycles. The first-order valence-corrected chi connectivity index (χ1v) is 13.5. The summed E-state index contributed by atoms with van der Waals surface area (Å²) in [5, 5.41) is 2.86. The minimum absolute atomic E-state index is 0.0367. The Morgan fingerprint density at radius 1 is 0.947 bits per heavy atom. The van der Waals surface area contributed by atoms with Crippen molar-refractivity contribution < 1.29 is 23.5 Å². The van der Waals surface area contributed by atoms with Crippen molar-refractivity contribution in [2.45, 2.75) is 38.3 Å². The van der Waals surface area contributed by atoms with E-state index in [1.165, 1.54) is 12.8 Å². The Morgan fingerprint density at radius 3 is 2.71 bits per heavy atom. The van der Waals surface area contributed by atoms with Crippen molar-refractivity contribution in [1.82, 2.24) is 15.1 Å².